The maximum Gasteiger partial charge on any atom is 0.150 e. The molecule has 0 atom stereocenters. The molecular formula is C11H11ClO. The molecule has 2 heteroatoms. The number of carbonyl (C=O) groups is 1. The Balaban J connectivity index is 2.99. The molecule has 0 bridgehead atoms. The van der Waals surface area contributed by atoms with E-state index in [1.807, 2.05) is 31.2 Å². The number of alkyl halides is 1. The molecule has 0 heterocycles. The fraction of sp³-hybridized carbons (Fsp3) is 0.182. The van der Waals surface area contributed by atoms with Crippen molar-refractivity contribution in [3.63, 3.8) is 0 Å². The van der Waals surface area contributed by atoms with Crippen molar-refractivity contribution in [1.29, 1.82) is 0 Å². The van der Waals surface area contributed by atoms with Crippen LogP contribution in [0, 0.1) is 6.92 Å². The molecule has 0 saturated carbocycles. The first-order valence-corrected chi connectivity index (χ1v) is 4.59. The molecule has 0 aliphatic rings. The summed E-state index contributed by atoms with van der Waals surface area (Å²) in [5.41, 5.74) is 2.75. The number of aryl methyl sites for hydroxylation is 1. The van der Waals surface area contributed by atoms with Gasteiger partial charge in [-0.25, -0.2) is 0 Å². The monoisotopic (exact) mass is 194 g/mol. The zero-order valence-electron chi connectivity index (χ0n) is 7.46. The second-order valence-electron chi connectivity index (χ2n) is 2.80. The Morgan fingerprint density at radius 1 is 1.38 bits per heavy atom. The minimum Gasteiger partial charge on any atom is -0.298 e. The summed E-state index contributed by atoms with van der Waals surface area (Å²) in [6, 6.07) is 7.78. The molecule has 1 nitrogen and oxygen atoms in total. The molecule has 0 aliphatic heterocycles. The van der Waals surface area contributed by atoms with Crippen molar-refractivity contribution in [3.8, 4) is 0 Å². The summed E-state index contributed by atoms with van der Waals surface area (Å²) in [7, 11) is 0. The van der Waals surface area contributed by atoms with Crippen molar-refractivity contribution in [3.05, 3.63) is 41.5 Å². The Hall–Kier alpha value is -1.08. The Labute approximate surface area is 83.0 Å². The Bertz CT molecular complexity index is 311. The van der Waals surface area contributed by atoms with Gasteiger partial charge in [0.05, 0.1) is 0 Å². The van der Waals surface area contributed by atoms with Gasteiger partial charge < -0.3 is 0 Å². The molecule has 0 N–H and O–H groups in total. The third-order valence-electron chi connectivity index (χ3n) is 1.81. The second kappa shape index (κ2) is 4.83. The van der Waals surface area contributed by atoms with Crippen molar-refractivity contribution in [2.75, 3.05) is 5.88 Å². The van der Waals surface area contributed by atoms with E-state index in [2.05, 4.69) is 0 Å². The van der Waals surface area contributed by atoms with Crippen LogP contribution in [0.3, 0.4) is 0 Å². The number of allylic oxidation sites excluding steroid dienone is 2. The van der Waals surface area contributed by atoms with Gasteiger partial charge in [0, 0.05) is 11.5 Å². The van der Waals surface area contributed by atoms with E-state index >= 15 is 0 Å². The van der Waals surface area contributed by atoms with Gasteiger partial charge in [-0.3, -0.25) is 4.79 Å². The van der Waals surface area contributed by atoms with Crippen molar-refractivity contribution in [2.45, 2.75) is 6.92 Å². The summed E-state index contributed by atoms with van der Waals surface area (Å²) in [4.78, 5) is 10.7. The quantitative estimate of drug-likeness (QED) is 0.411. The molecule has 0 radical (unpaired) electrons. The molecular weight excluding hydrogens is 184 g/mol. The number of hydrogen-bond acceptors (Lipinski definition) is 1. The van der Waals surface area contributed by atoms with Crippen LogP contribution in [0.25, 0.3) is 5.57 Å². The molecule has 0 amide bonds. The number of aldehydes is 1. The molecule has 0 aliphatic carbocycles. The number of rotatable bonds is 3. The van der Waals surface area contributed by atoms with Crippen LogP contribution in [-0.4, -0.2) is 12.2 Å². The molecule has 0 spiro atoms. The molecule has 1 rings (SSSR count). The van der Waals surface area contributed by atoms with Gasteiger partial charge in [0.2, 0.25) is 0 Å². The molecule has 1 aromatic carbocycles. The first kappa shape index (κ1) is 10.0. The van der Waals surface area contributed by atoms with Gasteiger partial charge in [-0.05, 0) is 12.5 Å². The van der Waals surface area contributed by atoms with Crippen molar-refractivity contribution in [2.24, 2.45) is 0 Å². The predicted molar refractivity (Wildman–Crippen MR) is 55.9 cm³/mol. The maximum absolute atomic E-state index is 10.7. The smallest absolute Gasteiger partial charge is 0.150 e. The lowest BCUT2D eigenvalue weighted by Gasteiger charge is -1.99. The summed E-state index contributed by atoms with van der Waals surface area (Å²) in [5, 5.41) is 0. The highest BCUT2D eigenvalue weighted by atomic mass is 35.5. The van der Waals surface area contributed by atoms with Crippen molar-refractivity contribution < 1.29 is 4.79 Å². The molecule has 68 valence electrons. The summed E-state index contributed by atoms with van der Waals surface area (Å²) in [6.45, 7) is 2.01. The minimum atomic E-state index is 0.363. The van der Waals surface area contributed by atoms with Crippen LogP contribution >= 0.6 is 11.6 Å². The second-order valence-corrected chi connectivity index (χ2v) is 3.11. The fourth-order valence-corrected chi connectivity index (χ4v) is 1.23. The van der Waals surface area contributed by atoms with Gasteiger partial charge in [-0.1, -0.05) is 35.9 Å². The minimum absolute atomic E-state index is 0.363. The topological polar surface area (TPSA) is 17.1 Å². The van der Waals surface area contributed by atoms with E-state index in [0.717, 1.165) is 11.8 Å². The van der Waals surface area contributed by atoms with Crippen LogP contribution in [0.4, 0.5) is 0 Å². The average molecular weight is 195 g/mol. The lowest BCUT2D eigenvalue weighted by molar-refractivity contribution is -0.103. The molecule has 13 heavy (non-hydrogen) atoms. The van der Waals surface area contributed by atoms with Gasteiger partial charge in [0.25, 0.3) is 0 Å². The SMILES string of the molecule is Cc1ccc(C(C=O)=CCCl)cc1. The fourth-order valence-electron chi connectivity index (χ4n) is 1.06. The van der Waals surface area contributed by atoms with E-state index in [1.165, 1.54) is 5.56 Å². The molecule has 0 fully saturated rings. The number of halogens is 1. The Morgan fingerprint density at radius 3 is 2.46 bits per heavy atom. The summed E-state index contributed by atoms with van der Waals surface area (Å²) >= 11 is 5.52. The third-order valence-corrected chi connectivity index (χ3v) is 1.96. The lowest BCUT2D eigenvalue weighted by Crippen LogP contribution is -1.86. The van der Waals surface area contributed by atoms with Crippen LogP contribution in [0.2, 0.25) is 0 Å². The number of hydrogen-bond donors (Lipinski definition) is 0. The highest BCUT2D eigenvalue weighted by Crippen LogP contribution is 2.12. The zero-order valence-corrected chi connectivity index (χ0v) is 8.21. The predicted octanol–water partition coefficient (Wildman–Crippen LogP) is 2.82. The maximum atomic E-state index is 10.7. The van der Waals surface area contributed by atoms with Crippen LogP contribution in [0.15, 0.2) is 30.3 Å². The van der Waals surface area contributed by atoms with Gasteiger partial charge in [0.15, 0.2) is 0 Å². The number of benzene rings is 1. The summed E-state index contributed by atoms with van der Waals surface area (Å²) in [5.74, 6) is 0.363. The highest BCUT2D eigenvalue weighted by Gasteiger charge is 1.97. The van der Waals surface area contributed by atoms with Crippen LogP contribution in [0.1, 0.15) is 11.1 Å². The standard InChI is InChI=1S/C11H11ClO/c1-9-2-4-10(5-3-9)11(8-13)6-7-12/h2-6,8H,7H2,1H3. The van der Waals surface area contributed by atoms with Crippen LogP contribution in [-0.2, 0) is 4.79 Å². The van der Waals surface area contributed by atoms with Gasteiger partial charge in [0.1, 0.15) is 6.29 Å². The van der Waals surface area contributed by atoms with E-state index in [4.69, 9.17) is 11.6 Å². The van der Waals surface area contributed by atoms with Crippen molar-refractivity contribution in [1.82, 2.24) is 0 Å². The Kier molecular flexibility index (Phi) is 3.71. The largest absolute Gasteiger partial charge is 0.298 e. The van der Waals surface area contributed by atoms with E-state index in [9.17, 15) is 4.79 Å². The average Bonchev–Trinajstić information content (AvgIpc) is 2.16. The molecule has 0 aromatic heterocycles. The van der Waals surface area contributed by atoms with Gasteiger partial charge in [-0.2, -0.15) is 0 Å². The van der Waals surface area contributed by atoms with Gasteiger partial charge >= 0.3 is 0 Å². The normalized spacial score (nSPS) is 11.4. The summed E-state index contributed by atoms with van der Waals surface area (Å²) in [6.07, 6.45) is 2.53. The molecule has 1 aromatic rings. The van der Waals surface area contributed by atoms with E-state index in [1.54, 1.807) is 6.08 Å². The van der Waals surface area contributed by atoms with E-state index < -0.39 is 0 Å². The van der Waals surface area contributed by atoms with Gasteiger partial charge in [-0.15, -0.1) is 11.6 Å². The Morgan fingerprint density at radius 2 is 2.00 bits per heavy atom. The lowest BCUT2D eigenvalue weighted by atomic mass is 10.1. The van der Waals surface area contributed by atoms with Crippen molar-refractivity contribution >= 4 is 23.5 Å². The first-order chi connectivity index (χ1) is 6.27. The third kappa shape index (κ3) is 2.71. The molecule has 0 saturated heterocycles. The molecule has 0 unspecified atom stereocenters. The zero-order chi connectivity index (χ0) is 9.68. The van der Waals surface area contributed by atoms with E-state index in [0.29, 0.717) is 11.5 Å². The number of carbonyl (C=O) groups excluding carboxylic acids is 1. The van der Waals surface area contributed by atoms with Crippen LogP contribution < -0.4 is 0 Å². The van der Waals surface area contributed by atoms with Crippen LogP contribution in [0.5, 0.6) is 0 Å². The first-order valence-electron chi connectivity index (χ1n) is 4.06. The summed E-state index contributed by atoms with van der Waals surface area (Å²) < 4.78 is 0. The highest BCUT2D eigenvalue weighted by molar-refractivity contribution is 6.20. The van der Waals surface area contributed by atoms with E-state index in [-0.39, 0.29) is 0 Å².